The second-order valence-corrected chi connectivity index (χ2v) is 7.06. The molecule has 4 aromatic carbocycles. The van der Waals surface area contributed by atoms with Gasteiger partial charge in [-0.3, -0.25) is 4.79 Å². The lowest BCUT2D eigenvalue weighted by Gasteiger charge is -2.11. The largest absolute Gasteiger partial charge is 0.293 e. The molecular formula is C23H18OS. The van der Waals surface area contributed by atoms with Crippen molar-refractivity contribution in [1.82, 2.24) is 0 Å². The van der Waals surface area contributed by atoms with Crippen LogP contribution in [0.2, 0.25) is 0 Å². The third-order valence-corrected chi connectivity index (χ3v) is 5.42. The number of thioether (sulfide) groups is 1. The smallest absolute Gasteiger partial charge is 0.172 e. The summed E-state index contributed by atoms with van der Waals surface area (Å²) in [4.78, 5) is 12.3. The number of hydrogen-bond donors (Lipinski definition) is 0. The van der Waals surface area contributed by atoms with Crippen molar-refractivity contribution in [2.45, 2.75) is 5.75 Å². The summed E-state index contributed by atoms with van der Waals surface area (Å²) in [6, 6.07) is 28.8. The van der Waals surface area contributed by atoms with Gasteiger partial charge in [0.25, 0.3) is 0 Å². The highest BCUT2D eigenvalue weighted by Gasteiger charge is 2.10. The molecule has 0 bridgehead atoms. The molecule has 0 aromatic heterocycles. The minimum absolute atomic E-state index is 0.190. The highest BCUT2D eigenvalue weighted by atomic mass is 32.2. The van der Waals surface area contributed by atoms with E-state index >= 15 is 0 Å². The van der Waals surface area contributed by atoms with Crippen molar-refractivity contribution < 1.29 is 4.79 Å². The van der Waals surface area contributed by atoms with Gasteiger partial charge in [-0.1, -0.05) is 78.9 Å². The molecule has 25 heavy (non-hydrogen) atoms. The van der Waals surface area contributed by atoms with E-state index in [1.165, 1.54) is 27.1 Å². The number of hydrogen-bond acceptors (Lipinski definition) is 2. The fourth-order valence-corrected chi connectivity index (χ4v) is 4.19. The average Bonchev–Trinajstić information content (AvgIpc) is 2.68. The molecule has 0 N–H and O–H groups in total. The van der Waals surface area contributed by atoms with E-state index in [-0.39, 0.29) is 5.78 Å². The van der Waals surface area contributed by atoms with Crippen LogP contribution in [0.15, 0.2) is 84.9 Å². The van der Waals surface area contributed by atoms with Gasteiger partial charge in [0.15, 0.2) is 5.78 Å². The molecule has 1 nitrogen and oxygen atoms in total. The van der Waals surface area contributed by atoms with Crippen LogP contribution >= 0.6 is 11.8 Å². The Morgan fingerprint density at radius 2 is 1.28 bits per heavy atom. The van der Waals surface area contributed by atoms with Crippen LogP contribution in [-0.4, -0.2) is 11.5 Å². The Labute approximate surface area is 151 Å². The molecule has 0 saturated heterocycles. The van der Waals surface area contributed by atoms with Crippen LogP contribution in [0.4, 0.5) is 0 Å². The number of fused-ring (bicyclic) bond motifs is 2. The lowest BCUT2D eigenvalue weighted by molar-refractivity contribution is 0.102. The third kappa shape index (κ3) is 3.31. The second-order valence-electron chi connectivity index (χ2n) is 6.08. The molecule has 0 aliphatic heterocycles. The summed E-state index contributed by atoms with van der Waals surface area (Å²) in [5, 5.41) is 5.07. The van der Waals surface area contributed by atoms with Crippen molar-refractivity contribution >= 4 is 39.1 Å². The van der Waals surface area contributed by atoms with Gasteiger partial charge in [-0.25, -0.2) is 0 Å². The van der Waals surface area contributed by atoms with Gasteiger partial charge >= 0.3 is 0 Å². The van der Waals surface area contributed by atoms with Gasteiger partial charge in [-0.2, -0.15) is 0 Å². The Hall–Kier alpha value is -2.58. The summed E-state index contributed by atoms with van der Waals surface area (Å²) >= 11 is 1.69. The van der Waals surface area contributed by atoms with Gasteiger partial charge in [0, 0.05) is 11.3 Å². The van der Waals surface area contributed by atoms with Gasteiger partial charge in [-0.05, 0) is 33.2 Å². The Morgan fingerprint density at radius 1 is 0.720 bits per heavy atom. The van der Waals surface area contributed by atoms with E-state index in [1.54, 1.807) is 11.8 Å². The van der Waals surface area contributed by atoms with Crippen LogP contribution in [0, 0.1) is 0 Å². The van der Waals surface area contributed by atoms with Gasteiger partial charge in [-0.15, -0.1) is 11.8 Å². The molecule has 2 heteroatoms. The van der Waals surface area contributed by atoms with Crippen LogP contribution in [0.1, 0.15) is 15.9 Å². The number of rotatable bonds is 5. The standard InChI is InChI=1S/C23H18OS/c24-23(17-8-2-1-3-9-17)16-25-15-22-20-12-6-4-10-18(20)14-19-11-5-7-13-21(19)22/h1-14H,15-16H2. The molecule has 0 fully saturated rings. The molecule has 0 radical (unpaired) electrons. The van der Waals surface area contributed by atoms with Crippen LogP contribution in [0.3, 0.4) is 0 Å². The minimum Gasteiger partial charge on any atom is -0.293 e. The van der Waals surface area contributed by atoms with Crippen LogP contribution in [-0.2, 0) is 5.75 Å². The van der Waals surface area contributed by atoms with Gasteiger partial charge < -0.3 is 0 Å². The summed E-state index contributed by atoms with van der Waals surface area (Å²) < 4.78 is 0. The number of carbonyl (C=O) groups excluding carboxylic acids is 1. The van der Waals surface area contributed by atoms with E-state index in [9.17, 15) is 4.79 Å². The summed E-state index contributed by atoms with van der Waals surface area (Å²) in [5.74, 6) is 1.53. The number of benzene rings is 4. The highest BCUT2D eigenvalue weighted by molar-refractivity contribution is 7.99. The molecular weight excluding hydrogens is 324 g/mol. The first-order valence-corrected chi connectivity index (χ1v) is 9.54. The molecule has 0 heterocycles. The summed E-state index contributed by atoms with van der Waals surface area (Å²) in [6.45, 7) is 0. The Bertz CT molecular complexity index is 984. The fraction of sp³-hybridized carbons (Fsp3) is 0.0870. The second kappa shape index (κ2) is 7.12. The molecule has 0 aliphatic rings. The monoisotopic (exact) mass is 342 g/mol. The topological polar surface area (TPSA) is 17.1 Å². The van der Waals surface area contributed by atoms with Crippen LogP contribution < -0.4 is 0 Å². The minimum atomic E-state index is 0.190. The molecule has 0 aliphatic carbocycles. The van der Waals surface area contributed by atoms with Crippen LogP contribution in [0.25, 0.3) is 21.5 Å². The maximum atomic E-state index is 12.3. The molecule has 0 atom stereocenters. The van der Waals surface area contributed by atoms with E-state index in [0.29, 0.717) is 5.75 Å². The fourth-order valence-electron chi connectivity index (χ4n) is 3.22. The zero-order valence-corrected chi connectivity index (χ0v) is 14.6. The first-order chi connectivity index (χ1) is 12.3. The Balaban J connectivity index is 1.63. The predicted octanol–water partition coefficient (Wildman–Crippen LogP) is 6.11. The summed E-state index contributed by atoms with van der Waals surface area (Å²) in [7, 11) is 0. The van der Waals surface area contributed by atoms with Crippen molar-refractivity contribution in [2.24, 2.45) is 0 Å². The van der Waals surface area contributed by atoms with E-state index in [0.717, 1.165) is 11.3 Å². The normalized spacial score (nSPS) is 11.0. The van der Waals surface area contributed by atoms with Gasteiger partial charge in [0.05, 0.1) is 5.75 Å². The van der Waals surface area contributed by atoms with Crippen LogP contribution in [0.5, 0.6) is 0 Å². The van der Waals surface area contributed by atoms with Crippen molar-refractivity contribution in [3.8, 4) is 0 Å². The lowest BCUT2D eigenvalue weighted by atomic mass is 9.98. The first kappa shape index (κ1) is 15.9. The van der Waals surface area contributed by atoms with Gasteiger partial charge in [0.2, 0.25) is 0 Å². The first-order valence-electron chi connectivity index (χ1n) is 8.38. The van der Waals surface area contributed by atoms with Crippen molar-refractivity contribution in [3.05, 3.63) is 96.1 Å². The molecule has 0 spiro atoms. The number of Topliss-reactive ketones (excluding diaryl/α,β-unsaturated/α-hetero) is 1. The predicted molar refractivity (Wildman–Crippen MR) is 108 cm³/mol. The lowest BCUT2D eigenvalue weighted by Crippen LogP contribution is -2.02. The quantitative estimate of drug-likeness (QED) is 0.321. The molecule has 122 valence electrons. The zero-order valence-electron chi connectivity index (χ0n) is 13.8. The molecule has 4 rings (SSSR count). The molecule has 4 aromatic rings. The van der Waals surface area contributed by atoms with E-state index in [2.05, 4.69) is 54.6 Å². The van der Waals surface area contributed by atoms with Crippen molar-refractivity contribution in [1.29, 1.82) is 0 Å². The SMILES string of the molecule is O=C(CSCc1c2ccccc2cc2ccccc12)c1ccccc1. The van der Waals surface area contributed by atoms with Gasteiger partial charge in [0.1, 0.15) is 0 Å². The summed E-state index contributed by atoms with van der Waals surface area (Å²) in [5.41, 5.74) is 2.11. The summed E-state index contributed by atoms with van der Waals surface area (Å²) in [6.07, 6.45) is 0. The van der Waals surface area contributed by atoms with Crippen molar-refractivity contribution in [3.63, 3.8) is 0 Å². The zero-order chi connectivity index (χ0) is 17.1. The maximum Gasteiger partial charge on any atom is 0.172 e. The number of ketones is 1. The molecule has 0 amide bonds. The maximum absolute atomic E-state index is 12.3. The average molecular weight is 342 g/mol. The molecule has 0 saturated carbocycles. The number of carbonyl (C=O) groups is 1. The van der Waals surface area contributed by atoms with E-state index in [4.69, 9.17) is 0 Å². The third-order valence-electron chi connectivity index (χ3n) is 4.46. The van der Waals surface area contributed by atoms with Crippen molar-refractivity contribution in [2.75, 3.05) is 5.75 Å². The van der Waals surface area contributed by atoms with E-state index < -0.39 is 0 Å². The van der Waals surface area contributed by atoms with E-state index in [1.807, 2.05) is 30.3 Å². The Morgan fingerprint density at radius 3 is 1.92 bits per heavy atom. The molecule has 0 unspecified atom stereocenters. The highest BCUT2D eigenvalue weighted by Crippen LogP contribution is 2.31. The Kier molecular flexibility index (Phi) is 4.53.